The molecule has 112 valence electrons. The van der Waals surface area contributed by atoms with Crippen molar-refractivity contribution in [2.75, 3.05) is 32.6 Å². The molecule has 0 radical (unpaired) electrons. The van der Waals surface area contributed by atoms with Gasteiger partial charge in [0.2, 0.25) is 10.0 Å². The van der Waals surface area contributed by atoms with Crippen molar-refractivity contribution in [3.8, 4) is 0 Å². The summed E-state index contributed by atoms with van der Waals surface area (Å²) in [6.45, 7) is 3.77. The standard InChI is InChI=1S/C13H26N2O3S/c1-3-19(16,17)15-8-6-12(7-9-15)14-13(10-18-2)11-4-5-11/h11-14H,3-10H2,1-2H3. The summed E-state index contributed by atoms with van der Waals surface area (Å²) in [6.07, 6.45) is 4.41. The van der Waals surface area contributed by atoms with Crippen LogP contribution in [-0.4, -0.2) is 57.4 Å². The predicted molar refractivity (Wildman–Crippen MR) is 75.6 cm³/mol. The molecule has 19 heavy (non-hydrogen) atoms. The van der Waals surface area contributed by atoms with Gasteiger partial charge in [0.05, 0.1) is 12.4 Å². The average Bonchev–Trinajstić information content (AvgIpc) is 3.23. The molecule has 1 unspecified atom stereocenters. The summed E-state index contributed by atoms with van der Waals surface area (Å²) in [5, 5.41) is 3.66. The molecule has 0 spiro atoms. The van der Waals surface area contributed by atoms with Gasteiger partial charge < -0.3 is 10.1 Å². The monoisotopic (exact) mass is 290 g/mol. The van der Waals surface area contributed by atoms with Crippen molar-refractivity contribution in [1.82, 2.24) is 9.62 Å². The Bertz CT molecular complexity index is 373. The van der Waals surface area contributed by atoms with Crippen LogP contribution in [0.5, 0.6) is 0 Å². The summed E-state index contributed by atoms with van der Waals surface area (Å²) >= 11 is 0. The molecule has 2 fully saturated rings. The molecule has 0 aromatic carbocycles. The zero-order valence-corrected chi connectivity index (χ0v) is 12.8. The van der Waals surface area contributed by atoms with Crippen molar-refractivity contribution in [3.63, 3.8) is 0 Å². The van der Waals surface area contributed by atoms with Gasteiger partial charge in [-0.25, -0.2) is 12.7 Å². The Morgan fingerprint density at radius 1 is 1.26 bits per heavy atom. The quantitative estimate of drug-likeness (QED) is 0.754. The van der Waals surface area contributed by atoms with Crippen LogP contribution in [0.1, 0.15) is 32.6 Å². The number of nitrogens with zero attached hydrogens (tertiary/aromatic N) is 1. The molecule has 1 heterocycles. The smallest absolute Gasteiger partial charge is 0.213 e. The minimum Gasteiger partial charge on any atom is -0.383 e. The Morgan fingerprint density at radius 3 is 2.37 bits per heavy atom. The fourth-order valence-corrected chi connectivity index (χ4v) is 3.92. The maximum atomic E-state index is 11.8. The Morgan fingerprint density at radius 2 is 1.89 bits per heavy atom. The van der Waals surface area contributed by atoms with Crippen LogP contribution in [0.2, 0.25) is 0 Å². The third-order valence-corrected chi connectivity index (χ3v) is 6.08. The van der Waals surface area contributed by atoms with Gasteiger partial charge in [-0.15, -0.1) is 0 Å². The number of sulfonamides is 1. The molecular formula is C13H26N2O3S. The lowest BCUT2D eigenvalue weighted by Gasteiger charge is -2.33. The van der Waals surface area contributed by atoms with E-state index < -0.39 is 10.0 Å². The number of nitrogens with one attached hydrogen (secondary N) is 1. The zero-order valence-electron chi connectivity index (χ0n) is 12.0. The molecule has 0 aromatic rings. The Balaban J connectivity index is 1.79. The van der Waals surface area contributed by atoms with E-state index in [2.05, 4.69) is 5.32 Å². The van der Waals surface area contributed by atoms with Crippen molar-refractivity contribution in [3.05, 3.63) is 0 Å². The first-order chi connectivity index (χ1) is 9.06. The minimum atomic E-state index is -3.01. The summed E-state index contributed by atoms with van der Waals surface area (Å²) in [7, 11) is -1.26. The molecule has 5 nitrogen and oxygen atoms in total. The van der Waals surface area contributed by atoms with Gasteiger partial charge in [0.1, 0.15) is 0 Å². The minimum absolute atomic E-state index is 0.208. The van der Waals surface area contributed by atoms with Crippen LogP contribution in [0.25, 0.3) is 0 Å². The Hall–Kier alpha value is -0.170. The van der Waals surface area contributed by atoms with Gasteiger partial charge in [-0.3, -0.25) is 0 Å². The van der Waals surface area contributed by atoms with Gasteiger partial charge in [-0.1, -0.05) is 0 Å². The third-order valence-electron chi connectivity index (χ3n) is 4.20. The summed E-state index contributed by atoms with van der Waals surface area (Å²) in [4.78, 5) is 0. The SMILES string of the molecule is CCS(=O)(=O)N1CCC(NC(COC)C2CC2)CC1. The van der Waals surface area contributed by atoms with E-state index in [4.69, 9.17) is 4.74 Å². The normalized spacial score (nSPS) is 24.5. The summed E-state index contributed by atoms with van der Waals surface area (Å²) in [5.41, 5.74) is 0. The van der Waals surface area contributed by atoms with Crippen LogP contribution in [0.3, 0.4) is 0 Å². The molecule has 1 aliphatic heterocycles. The maximum absolute atomic E-state index is 11.8. The predicted octanol–water partition coefficient (Wildman–Crippen LogP) is 0.815. The number of ether oxygens (including phenoxy) is 1. The topological polar surface area (TPSA) is 58.6 Å². The fourth-order valence-electron chi connectivity index (χ4n) is 2.78. The largest absolute Gasteiger partial charge is 0.383 e. The number of hydrogen-bond acceptors (Lipinski definition) is 4. The number of rotatable bonds is 7. The van der Waals surface area contributed by atoms with E-state index in [1.165, 1.54) is 12.8 Å². The highest BCUT2D eigenvalue weighted by Crippen LogP contribution is 2.33. The van der Waals surface area contributed by atoms with E-state index in [0.29, 0.717) is 25.2 Å². The van der Waals surface area contributed by atoms with Crippen LogP contribution in [-0.2, 0) is 14.8 Å². The van der Waals surface area contributed by atoms with E-state index in [0.717, 1.165) is 25.4 Å². The van der Waals surface area contributed by atoms with Crippen LogP contribution in [0.15, 0.2) is 0 Å². The second-order valence-electron chi connectivity index (χ2n) is 5.64. The van der Waals surface area contributed by atoms with Gasteiger partial charge in [0.25, 0.3) is 0 Å². The van der Waals surface area contributed by atoms with E-state index in [1.54, 1.807) is 18.3 Å². The van der Waals surface area contributed by atoms with E-state index >= 15 is 0 Å². The van der Waals surface area contributed by atoms with Crippen molar-refractivity contribution < 1.29 is 13.2 Å². The number of methoxy groups -OCH3 is 1. The van der Waals surface area contributed by atoms with Crippen LogP contribution < -0.4 is 5.32 Å². The molecule has 6 heteroatoms. The highest BCUT2D eigenvalue weighted by Gasteiger charge is 2.34. The number of piperidine rings is 1. The second kappa shape index (κ2) is 6.52. The van der Waals surface area contributed by atoms with Gasteiger partial charge in [-0.2, -0.15) is 0 Å². The van der Waals surface area contributed by atoms with Crippen LogP contribution >= 0.6 is 0 Å². The average molecular weight is 290 g/mol. The van der Waals surface area contributed by atoms with Crippen molar-refractivity contribution in [2.24, 2.45) is 5.92 Å². The van der Waals surface area contributed by atoms with Gasteiger partial charge in [0.15, 0.2) is 0 Å². The van der Waals surface area contributed by atoms with Gasteiger partial charge in [-0.05, 0) is 38.5 Å². The number of hydrogen-bond donors (Lipinski definition) is 1. The molecule has 1 atom stereocenters. The molecule has 1 N–H and O–H groups in total. The molecule has 2 aliphatic rings. The molecule has 1 saturated heterocycles. The Kier molecular flexibility index (Phi) is 5.22. The highest BCUT2D eigenvalue weighted by molar-refractivity contribution is 7.89. The molecule has 0 bridgehead atoms. The first kappa shape index (κ1) is 15.2. The maximum Gasteiger partial charge on any atom is 0.213 e. The third kappa shape index (κ3) is 4.15. The zero-order chi connectivity index (χ0) is 13.9. The lowest BCUT2D eigenvalue weighted by atomic mass is 10.0. The van der Waals surface area contributed by atoms with Crippen LogP contribution in [0, 0.1) is 5.92 Å². The summed E-state index contributed by atoms with van der Waals surface area (Å²) in [6, 6.07) is 0.883. The molecular weight excluding hydrogens is 264 g/mol. The van der Waals surface area contributed by atoms with Crippen molar-refractivity contribution >= 4 is 10.0 Å². The van der Waals surface area contributed by atoms with Crippen LogP contribution in [0.4, 0.5) is 0 Å². The van der Waals surface area contributed by atoms with E-state index in [1.807, 2.05) is 0 Å². The molecule has 1 aliphatic carbocycles. The summed E-state index contributed by atoms with van der Waals surface area (Å²) in [5.74, 6) is 0.969. The molecule has 0 amide bonds. The molecule has 2 rings (SSSR count). The lowest BCUT2D eigenvalue weighted by molar-refractivity contribution is 0.143. The second-order valence-corrected chi connectivity index (χ2v) is 7.90. The molecule has 0 aromatic heterocycles. The van der Waals surface area contributed by atoms with E-state index in [-0.39, 0.29) is 5.75 Å². The fraction of sp³-hybridized carbons (Fsp3) is 1.00. The van der Waals surface area contributed by atoms with Gasteiger partial charge >= 0.3 is 0 Å². The Labute approximate surface area is 116 Å². The highest BCUT2D eigenvalue weighted by atomic mass is 32.2. The molecule has 1 saturated carbocycles. The van der Waals surface area contributed by atoms with Crippen molar-refractivity contribution in [1.29, 1.82) is 0 Å². The van der Waals surface area contributed by atoms with Gasteiger partial charge in [0, 0.05) is 32.3 Å². The first-order valence-corrected chi connectivity index (χ1v) is 8.90. The van der Waals surface area contributed by atoms with Crippen molar-refractivity contribution in [2.45, 2.75) is 44.7 Å². The van der Waals surface area contributed by atoms with E-state index in [9.17, 15) is 8.42 Å². The first-order valence-electron chi connectivity index (χ1n) is 7.29. The lowest BCUT2D eigenvalue weighted by Crippen LogP contribution is -2.49. The summed E-state index contributed by atoms with van der Waals surface area (Å²) < 4.78 is 30.5.